The van der Waals surface area contributed by atoms with E-state index in [0.717, 1.165) is 21.6 Å². The Morgan fingerprint density at radius 3 is 2.62 bits per heavy atom. The largest absolute Gasteiger partial charge is 0.480 e. The molecule has 40 heavy (non-hydrogen) atoms. The molecule has 1 aliphatic heterocycles. The highest BCUT2D eigenvalue weighted by Gasteiger charge is 2.26. The van der Waals surface area contributed by atoms with Crippen LogP contribution in [-0.4, -0.2) is 41.3 Å². The Bertz CT molecular complexity index is 1680. The van der Waals surface area contributed by atoms with E-state index in [1.807, 2.05) is 30.3 Å². The topological polar surface area (TPSA) is 115 Å². The maximum Gasteiger partial charge on any atom is 0.268 e. The number of methoxy groups -OCH3 is 1. The molecule has 1 aromatic heterocycles. The SMILES string of the molecule is COc1nn([C@@H](Cc2ccccc2)C(=O)Nc2ccc3c(c2)NCC=N3)c(=O)cc1-c1cc(Cl)ccc1C(C)=O. The summed E-state index contributed by atoms with van der Waals surface area (Å²) in [6, 6.07) is 19.8. The van der Waals surface area contributed by atoms with Crippen LogP contribution in [0.1, 0.15) is 28.9 Å². The van der Waals surface area contributed by atoms with Crippen molar-refractivity contribution >= 4 is 46.6 Å². The molecule has 0 spiro atoms. The van der Waals surface area contributed by atoms with Gasteiger partial charge in [-0.3, -0.25) is 19.4 Å². The number of fused-ring (bicyclic) bond motifs is 1. The normalized spacial score (nSPS) is 12.7. The van der Waals surface area contributed by atoms with E-state index in [1.54, 1.807) is 42.6 Å². The molecule has 10 heteroatoms. The van der Waals surface area contributed by atoms with E-state index in [1.165, 1.54) is 20.1 Å². The number of Topliss-reactive ketones (excluding diaryl/α,β-unsaturated/α-hetero) is 1. The number of hydrogen-bond acceptors (Lipinski definition) is 7. The number of halogens is 1. The summed E-state index contributed by atoms with van der Waals surface area (Å²) >= 11 is 6.22. The quantitative estimate of drug-likeness (QED) is 0.284. The number of amides is 1. The fraction of sp³-hybridized carbons (Fsp3) is 0.167. The van der Waals surface area contributed by atoms with Crippen molar-refractivity contribution in [2.45, 2.75) is 19.4 Å². The molecular weight excluding hydrogens is 530 g/mol. The van der Waals surface area contributed by atoms with Crippen LogP contribution in [0.4, 0.5) is 17.1 Å². The van der Waals surface area contributed by atoms with Crippen LogP contribution in [-0.2, 0) is 11.2 Å². The molecule has 0 unspecified atom stereocenters. The van der Waals surface area contributed by atoms with E-state index in [4.69, 9.17) is 16.3 Å². The van der Waals surface area contributed by atoms with Crippen LogP contribution in [0.2, 0.25) is 5.02 Å². The number of anilines is 2. The molecule has 2 N–H and O–H groups in total. The van der Waals surface area contributed by atoms with Gasteiger partial charge in [0, 0.05) is 35.0 Å². The molecule has 5 rings (SSSR count). The zero-order chi connectivity index (χ0) is 28.2. The maximum atomic E-state index is 13.7. The van der Waals surface area contributed by atoms with E-state index >= 15 is 0 Å². The summed E-state index contributed by atoms with van der Waals surface area (Å²) in [6.45, 7) is 2.02. The van der Waals surface area contributed by atoms with Crippen molar-refractivity contribution < 1.29 is 14.3 Å². The molecule has 0 saturated carbocycles. The average molecular weight is 556 g/mol. The molecule has 0 bridgehead atoms. The fourth-order valence-electron chi connectivity index (χ4n) is 4.59. The van der Waals surface area contributed by atoms with E-state index in [9.17, 15) is 14.4 Å². The first kappa shape index (κ1) is 26.8. The molecule has 1 aliphatic rings. The highest BCUT2D eigenvalue weighted by atomic mass is 35.5. The average Bonchev–Trinajstić information content (AvgIpc) is 2.96. The second-order valence-corrected chi connectivity index (χ2v) is 9.65. The van der Waals surface area contributed by atoms with Crippen LogP contribution < -0.4 is 20.9 Å². The molecule has 1 atom stereocenters. The number of ether oxygens (including phenoxy) is 1. The Balaban J connectivity index is 1.57. The lowest BCUT2D eigenvalue weighted by molar-refractivity contribution is -0.119. The van der Waals surface area contributed by atoms with E-state index in [-0.39, 0.29) is 18.1 Å². The van der Waals surface area contributed by atoms with Gasteiger partial charge in [-0.2, -0.15) is 0 Å². The van der Waals surface area contributed by atoms with E-state index < -0.39 is 17.5 Å². The third kappa shape index (κ3) is 5.64. The Hall–Kier alpha value is -4.76. The van der Waals surface area contributed by atoms with Crippen LogP contribution >= 0.6 is 11.6 Å². The van der Waals surface area contributed by atoms with E-state index in [0.29, 0.717) is 33.9 Å². The highest BCUT2D eigenvalue weighted by Crippen LogP contribution is 2.33. The van der Waals surface area contributed by atoms with E-state index in [2.05, 4.69) is 20.7 Å². The van der Waals surface area contributed by atoms with Crippen molar-refractivity contribution in [2.24, 2.45) is 4.99 Å². The highest BCUT2D eigenvalue weighted by molar-refractivity contribution is 6.31. The molecule has 4 aromatic rings. The number of carbonyl (C=O) groups is 2. The smallest absolute Gasteiger partial charge is 0.268 e. The first-order valence-corrected chi connectivity index (χ1v) is 13.0. The Morgan fingerprint density at radius 2 is 1.88 bits per heavy atom. The van der Waals surface area contributed by atoms with Gasteiger partial charge in [0.15, 0.2) is 5.78 Å². The number of nitrogens with zero attached hydrogens (tertiary/aromatic N) is 3. The van der Waals surface area contributed by atoms with Gasteiger partial charge in [0.1, 0.15) is 6.04 Å². The second kappa shape index (κ2) is 11.5. The maximum absolute atomic E-state index is 13.7. The first-order chi connectivity index (χ1) is 19.3. The predicted molar refractivity (Wildman–Crippen MR) is 156 cm³/mol. The van der Waals surface area contributed by atoms with Gasteiger partial charge in [-0.1, -0.05) is 41.9 Å². The van der Waals surface area contributed by atoms with Gasteiger partial charge in [-0.25, -0.2) is 4.68 Å². The number of nitrogens with one attached hydrogen (secondary N) is 2. The lowest BCUT2D eigenvalue weighted by Crippen LogP contribution is -2.36. The van der Waals surface area contributed by atoms with Crippen molar-refractivity contribution in [3.05, 3.63) is 99.3 Å². The molecule has 0 fully saturated rings. The monoisotopic (exact) mass is 555 g/mol. The van der Waals surface area contributed by atoms with Crippen LogP contribution in [0.3, 0.4) is 0 Å². The van der Waals surface area contributed by atoms with Crippen molar-refractivity contribution in [3.63, 3.8) is 0 Å². The molecule has 0 aliphatic carbocycles. The van der Waals surface area contributed by atoms with Crippen LogP contribution in [0.25, 0.3) is 11.1 Å². The summed E-state index contributed by atoms with van der Waals surface area (Å²) in [5.41, 5.74) is 3.51. The zero-order valence-electron chi connectivity index (χ0n) is 21.8. The number of aliphatic imine (C=N–C) groups is 1. The number of ketones is 1. The molecular formula is C30H26ClN5O4. The molecule has 3 aromatic carbocycles. The standard InChI is InChI=1S/C30H26ClN5O4/c1-18(37)22-10-8-20(31)15-23(22)24-17-28(38)36(35-30(24)40-2)27(14-19-6-4-3-5-7-19)29(39)34-21-9-11-25-26(16-21)33-13-12-32-25/h3-12,15-17,27,33H,13-14H2,1-2H3,(H,34,39)/t27-/m0/s1. The number of rotatable bonds is 8. The number of aromatic nitrogens is 2. The molecule has 2 heterocycles. The van der Waals surface area contributed by atoms with Gasteiger partial charge in [0.05, 0.1) is 30.6 Å². The molecule has 202 valence electrons. The second-order valence-electron chi connectivity index (χ2n) is 9.22. The van der Waals surface area contributed by atoms with Crippen LogP contribution in [0.5, 0.6) is 5.88 Å². The molecule has 1 amide bonds. The zero-order valence-corrected chi connectivity index (χ0v) is 22.6. The molecule has 9 nitrogen and oxygen atoms in total. The van der Waals surface area contributed by atoms with Gasteiger partial charge in [-0.05, 0) is 54.4 Å². The van der Waals surface area contributed by atoms with Gasteiger partial charge in [0.2, 0.25) is 11.8 Å². The lowest BCUT2D eigenvalue weighted by atomic mass is 9.98. The predicted octanol–water partition coefficient (Wildman–Crippen LogP) is 5.33. The third-order valence-corrected chi connectivity index (χ3v) is 6.75. The summed E-state index contributed by atoms with van der Waals surface area (Å²) in [6.07, 6.45) is 1.97. The number of carbonyl (C=O) groups excluding carboxylic acids is 2. The minimum atomic E-state index is -1.01. The first-order valence-electron chi connectivity index (χ1n) is 12.6. The minimum absolute atomic E-state index is 0.0751. The van der Waals surface area contributed by atoms with Crippen molar-refractivity contribution in [1.82, 2.24) is 9.78 Å². The van der Waals surface area contributed by atoms with Gasteiger partial charge < -0.3 is 15.4 Å². The van der Waals surface area contributed by atoms with Crippen LogP contribution in [0.15, 0.2) is 82.6 Å². The third-order valence-electron chi connectivity index (χ3n) is 6.52. The lowest BCUT2D eigenvalue weighted by Gasteiger charge is -2.21. The molecule has 0 saturated heterocycles. The Kier molecular flexibility index (Phi) is 7.75. The Morgan fingerprint density at radius 1 is 1.07 bits per heavy atom. The molecule has 0 radical (unpaired) electrons. The summed E-state index contributed by atoms with van der Waals surface area (Å²) < 4.78 is 6.67. The number of hydrogen-bond donors (Lipinski definition) is 2. The van der Waals surface area contributed by atoms with Crippen molar-refractivity contribution in [1.29, 1.82) is 0 Å². The van der Waals surface area contributed by atoms with Gasteiger partial charge >= 0.3 is 0 Å². The minimum Gasteiger partial charge on any atom is -0.480 e. The summed E-state index contributed by atoms with van der Waals surface area (Å²) in [7, 11) is 1.41. The van der Waals surface area contributed by atoms with Crippen molar-refractivity contribution in [2.75, 3.05) is 24.3 Å². The van der Waals surface area contributed by atoms with Gasteiger partial charge in [-0.15, -0.1) is 5.10 Å². The van der Waals surface area contributed by atoms with Crippen LogP contribution in [0, 0.1) is 0 Å². The van der Waals surface area contributed by atoms with Gasteiger partial charge in [0.25, 0.3) is 5.56 Å². The fourth-order valence-corrected chi connectivity index (χ4v) is 4.76. The number of benzene rings is 3. The van der Waals surface area contributed by atoms with Crippen molar-refractivity contribution in [3.8, 4) is 17.0 Å². The summed E-state index contributed by atoms with van der Waals surface area (Å²) in [5.74, 6) is -0.560. The Labute approximate surface area is 235 Å². The summed E-state index contributed by atoms with van der Waals surface area (Å²) in [5, 5.41) is 11.0. The summed E-state index contributed by atoms with van der Waals surface area (Å²) in [4.78, 5) is 43.9.